The average Bonchev–Trinajstić information content (AvgIpc) is 3.02. The second kappa shape index (κ2) is 9.38. The molecule has 1 atom stereocenters. The zero-order valence-corrected chi connectivity index (χ0v) is 16.4. The van der Waals surface area contributed by atoms with E-state index in [1.54, 1.807) is 0 Å². The molecular formula is C18H25N5O2S. The summed E-state index contributed by atoms with van der Waals surface area (Å²) < 4.78 is 1.97. The van der Waals surface area contributed by atoms with Gasteiger partial charge in [0.05, 0.1) is 5.75 Å². The summed E-state index contributed by atoms with van der Waals surface area (Å²) >= 11 is 1.27. The lowest BCUT2D eigenvalue weighted by Crippen LogP contribution is -2.43. The maximum Gasteiger partial charge on any atom is 0.321 e. The van der Waals surface area contributed by atoms with Crippen molar-refractivity contribution in [1.29, 1.82) is 0 Å². The Balaban J connectivity index is 2.01. The molecule has 7 nitrogen and oxygen atoms in total. The van der Waals surface area contributed by atoms with Crippen molar-refractivity contribution in [2.24, 2.45) is 0 Å². The molecule has 0 radical (unpaired) electrons. The first-order valence-corrected chi connectivity index (χ1v) is 9.67. The molecule has 2 N–H and O–H groups in total. The predicted molar refractivity (Wildman–Crippen MR) is 103 cm³/mol. The fourth-order valence-electron chi connectivity index (χ4n) is 2.36. The first-order valence-electron chi connectivity index (χ1n) is 8.68. The number of rotatable bonds is 7. The fourth-order valence-corrected chi connectivity index (χ4v) is 3.16. The monoisotopic (exact) mass is 375 g/mol. The topological polar surface area (TPSA) is 88.9 Å². The van der Waals surface area contributed by atoms with Gasteiger partial charge in [0.15, 0.2) is 11.0 Å². The van der Waals surface area contributed by atoms with Crippen LogP contribution in [-0.2, 0) is 11.3 Å². The summed E-state index contributed by atoms with van der Waals surface area (Å²) in [5.41, 5.74) is 2.14. The van der Waals surface area contributed by atoms with Crippen LogP contribution in [0, 0.1) is 6.92 Å². The van der Waals surface area contributed by atoms with Crippen LogP contribution in [0.25, 0.3) is 11.4 Å². The number of nitrogens with one attached hydrogen (secondary N) is 2. The third kappa shape index (κ3) is 5.08. The summed E-state index contributed by atoms with van der Waals surface area (Å²) in [5, 5.41) is 14.2. The van der Waals surface area contributed by atoms with Crippen molar-refractivity contribution >= 4 is 23.7 Å². The molecule has 26 heavy (non-hydrogen) atoms. The van der Waals surface area contributed by atoms with Gasteiger partial charge < -0.3 is 9.88 Å². The molecule has 1 aromatic heterocycles. The molecule has 0 bridgehead atoms. The number of thioether (sulfide) groups is 1. The highest BCUT2D eigenvalue weighted by Crippen LogP contribution is 2.26. The Labute approximate surface area is 158 Å². The van der Waals surface area contributed by atoms with Crippen LogP contribution in [0.5, 0.6) is 0 Å². The minimum Gasteiger partial charge on any atom is -0.335 e. The third-order valence-electron chi connectivity index (χ3n) is 3.99. The SMILES string of the molecule is CC[C@H](C)NC(=O)NC(=O)CSc1nnc(-c2ccccc2C)n1CC. The molecule has 0 saturated heterocycles. The zero-order chi connectivity index (χ0) is 19.1. The zero-order valence-electron chi connectivity index (χ0n) is 15.6. The Morgan fingerprint density at radius 2 is 1.96 bits per heavy atom. The molecule has 8 heteroatoms. The number of benzene rings is 1. The summed E-state index contributed by atoms with van der Waals surface area (Å²) in [6.45, 7) is 8.58. The van der Waals surface area contributed by atoms with Crippen LogP contribution in [0.4, 0.5) is 4.79 Å². The van der Waals surface area contributed by atoms with Crippen LogP contribution in [0.1, 0.15) is 32.8 Å². The minimum atomic E-state index is -0.470. The molecule has 1 heterocycles. The number of hydrogen-bond acceptors (Lipinski definition) is 5. The Bertz CT molecular complexity index is 775. The molecule has 3 amide bonds. The largest absolute Gasteiger partial charge is 0.335 e. The van der Waals surface area contributed by atoms with Crippen LogP contribution < -0.4 is 10.6 Å². The lowest BCUT2D eigenvalue weighted by molar-refractivity contribution is -0.117. The predicted octanol–water partition coefficient (Wildman–Crippen LogP) is 2.99. The fraction of sp³-hybridized carbons (Fsp3) is 0.444. The van der Waals surface area contributed by atoms with Crippen molar-refractivity contribution in [3.05, 3.63) is 29.8 Å². The Kier molecular flexibility index (Phi) is 7.20. The van der Waals surface area contributed by atoms with E-state index in [9.17, 15) is 9.59 Å². The molecule has 2 rings (SSSR count). The smallest absolute Gasteiger partial charge is 0.321 e. The van der Waals surface area contributed by atoms with Crippen LogP contribution in [0.3, 0.4) is 0 Å². The van der Waals surface area contributed by atoms with Crippen molar-refractivity contribution in [1.82, 2.24) is 25.4 Å². The maximum atomic E-state index is 12.0. The van der Waals surface area contributed by atoms with E-state index in [-0.39, 0.29) is 17.7 Å². The number of aryl methyl sites for hydroxylation is 1. The van der Waals surface area contributed by atoms with Crippen molar-refractivity contribution < 1.29 is 9.59 Å². The van der Waals surface area contributed by atoms with E-state index in [0.29, 0.717) is 11.7 Å². The van der Waals surface area contributed by atoms with Gasteiger partial charge in [0, 0.05) is 18.2 Å². The van der Waals surface area contributed by atoms with Crippen molar-refractivity contribution in [2.45, 2.75) is 51.9 Å². The normalized spacial score (nSPS) is 11.8. The molecule has 0 aliphatic rings. The second-order valence-corrected chi connectivity index (χ2v) is 6.93. The van der Waals surface area contributed by atoms with Crippen molar-refractivity contribution in [2.75, 3.05) is 5.75 Å². The quantitative estimate of drug-likeness (QED) is 0.726. The van der Waals surface area contributed by atoms with Gasteiger partial charge >= 0.3 is 6.03 Å². The Morgan fingerprint density at radius 3 is 2.62 bits per heavy atom. The lowest BCUT2D eigenvalue weighted by Gasteiger charge is -2.12. The molecule has 0 spiro atoms. The Morgan fingerprint density at radius 1 is 1.23 bits per heavy atom. The van der Waals surface area contributed by atoms with Gasteiger partial charge in [-0.05, 0) is 32.8 Å². The van der Waals surface area contributed by atoms with Crippen LogP contribution in [0.15, 0.2) is 29.4 Å². The van der Waals surface area contributed by atoms with Gasteiger partial charge in [0.1, 0.15) is 0 Å². The van der Waals surface area contributed by atoms with E-state index >= 15 is 0 Å². The highest BCUT2D eigenvalue weighted by molar-refractivity contribution is 7.99. The highest BCUT2D eigenvalue weighted by Gasteiger charge is 2.16. The molecule has 0 aliphatic heterocycles. The number of amides is 3. The van der Waals surface area contributed by atoms with E-state index in [0.717, 1.165) is 23.4 Å². The van der Waals surface area contributed by atoms with E-state index in [1.807, 2.05) is 56.5 Å². The lowest BCUT2D eigenvalue weighted by atomic mass is 10.1. The van der Waals surface area contributed by atoms with E-state index < -0.39 is 6.03 Å². The van der Waals surface area contributed by atoms with Gasteiger partial charge in [-0.25, -0.2) is 4.79 Å². The summed E-state index contributed by atoms with van der Waals surface area (Å²) in [6.07, 6.45) is 0.803. The first-order chi connectivity index (χ1) is 12.5. The van der Waals surface area contributed by atoms with Gasteiger partial charge in [-0.1, -0.05) is 43.0 Å². The standard InChI is InChI=1S/C18H25N5O2S/c1-5-13(4)19-17(25)20-15(24)11-26-18-22-21-16(23(18)6-2)14-10-8-7-9-12(14)3/h7-10,13H,5-6,11H2,1-4H3,(H2,19,20,24,25)/t13-/m0/s1. The number of carbonyl (C=O) groups is 2. The summed E-state index contributed by atoms with van der Waals surface area (Å²) in [4.78, 5) is 23.7. The van der Waals surface area contributed by atoms with Crippen molar-refractivity contribution in [3.8, 4) is 11.4 Å². The minimum absolute atomic E-state index is 0.0234. The molecule has 0 unspecified atom stereocenters. The number of carbonyl (C=O) groups excluding carboxylic acids is 2. The van der Waals surface area contributed by atoms with Gasteiger partial charge in [0.2, 0.25) is 5.91 Å². The Hall–Kier alpha value is -2.35. The molecule has 1 aromatic carbocycles. The third-order valence-corrected chi connectivity index (χ3v) is 4.96. The molecule has 140 valence electrons. The highest BCUT2D eigenvalue weighted by atomic mass is 32.2. The summed E-state index contributed by atoms with van der Waals surface area (Å²) in [7, 11) is 0. The summed E-state index contributed by atoms with van der Waals surface area (Å²) in [5.74, 6) is 0.515. The molecule has 2 aromatic rings. The van der Waals surface area contributed by atoms with Crippen LogP contribution in [-0.4, -0.2) is 38.5 Å². The first kappa shape index (κ1) is 20.0. The van der Waals surface area contributed by atoms with Gasteiger partial charge in [-0.3, -0.25) is 10.1 Å². The maximum absolute atomic E-state index is 12.0. The van der Waals surface area contributed by atoms with Gasteiger partial charge in [-0.2, -0.15) is 0 Å². The second-order valence-electron chi connectivity index (χ2n) is 5.98. The van der Waals surface area contributed by atoms with E-state index in [2.05, 4.69) is 20.8 Å². The van der Waals surface area contributed by atoms with Gasteiger partial charge in [-0.15, -0.1) is 10.2 Å². The van der Waals surface area contributed by atoms with Gasteiger partial charge in [0.25, 0.3) is 0 Å². The number of hydrogen-bond donors (Lipinski definition) is 2. The van der Waals surface area contributed by atoms with Crippen LogP contribution >= 0.6 is 11.8 Å². The van der Waals surface area contributed by atoms with Crippen molar-refractivity contribution in [3.63, 3.8) is 0 Å². The number of aromatic nitrogens is 3. The summed E-state index contributed by atoms with van der Waals surface area (Å²) in [6, 6.07) is 7.53. The van der Waals surface area contributed by atoms with E-state index in [4.69, 9.17) is 0 Å². The number of nitrogens with zero attached hydrogens (tertiary/aromatic N) is 3. The molecule has 0 saturated carbocycles. The molecular weight excluding hydrogens is 350 g/mol. The van der Waals surface area contributed by atoms with Crippen LogP contribution in [0.2, 0.25) is 0 Å². The van der Waals surface area contributed by atoms with E-state index in [1.165, 1.54) is 11.8 Å². The number of imide groups is 1. The molecule has 0 aliphatic carbocycles. The average molecular weight is 375 g/mol. The number of urea groups is 1. The molecule has 0 fully saturated rings.